The lowest BCUT2D eigenvalue weighted by molar-refractivity contribution is 0.398. The van der Waals surface area contributed by atoms with Crippen molar-refractivity contribution in [3.05, 3.63) is 33.3 Å². The molecule has 0 N–H and O–H groups in total. The molecule has 0 spiro atoms. The van der Waals surface area contributed by atoms with Gasteiger partial charge in [0.05, 0.1) is 19.6 Å². The average Bonchev–Trinajstić information content (AvgIpc) is 2.26. The van der Waals surface area contributed by atoms with E-state index in [9.17, 15) is 4.79 Å². The fourth-order valence-electron chi connectivity index (χ4n) is 1.63. The number of hydrogen-bond donors (Lipinski definition) is 0. The van der Waals surface area contributed by atoms with E-state index in [1.165, 1.54) is 0 Å². The second-order valence-corrected chi connectivity index (χ2v) is 4.71. The van der Waals surface area contributed by atoms with E-state index in [1.54, 1.807) is 37.7 Å². The Labute approximate surface area is 97.2 Å². The Morgan fingerprint density at radius 2 is 1.88 bits per heavy atom. The fourth-order valence-corrected chi connectivity index (χ4v) is 2.62. The van der Waals surface area contributed by atoms with Gasteiger partial charge in [-0.05, 0) is 19.1 Å². The zero-order valence-corrected chi connectivity index (χ0v) is 10.2. The molecule has 0 aliphatic heterocycles. The zero-order chi connectivity index (χ0) is 11.7. The number of fused-ring (bicyclic) bond motifs is 1. The van der Waals surface area contributed by atoms with E-state index < -0.39 is 0 Å². The van der Waals surface area contributed by atoms with Crippen molar-refractivity contribution in [2.24, 2.45) is 0 Å². The number of hydrogen-bond acceptors (Lipinski definition) is 4. The second kappa shape index (κ2) is 4.14. The summed E-state index contributed by atoms with van der Waals surface area (Å²) in [7, 11) is 3.15. The summed E-state index contributed by atoms with van der Waals surface area (Å²) in [6.45, 7) is 1.91. The molecule has 84 valence electrons. The van der Waals surface area contributed by atoms with Gasteiger partial charge in [-0.1, -0.05) is 0 Å². The topological polar surface area (TPSA) is 35.5 Å². The third-order valence-electron chi connectivity index (χ3n) is 2.35. The van der Waals surface area contributed by atoms with Crippen molar-refractivity contribution in [1.82, 2.24) is 0 Å². The standard InChI is InChI=1S/C12H12O3S/c1-7-4-9(13)12-10(15-3)5-8(14-2)6-11(12)16-7/h4-6H,1-3H3. The molecule has 0 amide bonds. The highest BCUT2D eigenvalue weighted by Crippen LogP contribution is 2.31. The van der Waals surface area contributed by atoms with E-state index in [0.717, 1.165) is 9.58 Å². The van der Waals surface area contributed by atoms with E-state index in [-0.39, 0.29) is 5.43 Å². The number of rotatable bonds is 2. The predicted octanol–water partition coefficient (Wildman–Crippen LogP) is 2.59. The summed E-state index contributed by atoms with van der Waals surface area (Å²) in [4.78, 5) is 12.8. The lowest BCUT2D eigenvalue weighted by Gasteiger charge is -2.07. The van der Waals surface area contributed by atoms with Crippen molar-refractivity contribution in [3.8, 4) is 11.5 Å². The average molecular weight is 236 g/mol. The third kappa shape index (κ3) is 1.76. The molecule has 0 saturated carbocycles. The van der Waals surface area contributed by atoms with Gasteiger partial charge in [-0.3, -0.25) is 4.79 Å². The quantitative estimate of drug-likeness (QED) is 0.804. The number of ether oxygens (including phenoxy) is 2. The molecule has 1 aromatic heterocycles. The van der Waals surface area contributed by atoms with E-state index >= 15 is 0 Å². The van der Waals surface area contributed by atoms with E-state index in [0.29, 0.717) is 16.9 Å². The molecule has 16 heavy (non-hydrogen) atoms. The smallest absolute Gasteiger partial charge is 0.192 e. The van der Waals surface area contributed by atoms with Gasteiger partial charge in [0, 0.05) is 15.6 Å². The van der Waals surface area contributed by atoms with Crippen molar-refractivity contribution in [2.75, 3.05) is 14.2 Å². The Hall–Kier alpha value is -1.55. The lowest BCUT2D eigenvalue weighted by atomic mass is 10.2. The molecular weight excluding hydrogens is 224 g/mol. The van der Waals surface area contributed by atoms with E-state index in [4.69, 9.17) is 9.47 Å². The van der Waals surface area contributed by atoms with E-state index in [1.807, 2.05) is 13.0 Å². The van der Waals surface area contributed by atoms with Gasteiger partial charge in [-0.25, -0.2) is 0 Å². The molecule has 3 nitrogen and oxygen atoms in total. The SMILES string of the molecule is COc1cc(OC)c2c(=O)cc(C)sc2c1. The molecule has 0 atom stereocenters. The highest BCUT2D eigenvalue weighted by molar-refractivity contribution is 7.18. The Balaban J connectivity index is 2.89. The van der Waals surface area contributed by atoms with Crippen LogP contribution >= 0.6 is 11.3 Å². The first-order valence-corrected chi connectivity index (χ1v) is 5.64. The highest BCUT2D eigenvalue weighted by Gasteiger charge is 2.09. The van der Waals surface area contributed by atoms with Crippen LogP contribution in [0.2, 0.25) is 0 Å². The fraction of sp³-hybridized carbons (Fsp3) is 0.250. The molecule has 0 fully saturated rings. The van der Waals surface area contributed by atoms with E-state index in [2.05, 4.69) is 0 Å². The zero-order valence-electron chi connectivity index (χ0n) is 9.37. The Morgan fingerprint density at radius 1 is 1.12 bits per heavy atom. The van der Waals surface area contributed by atoms with Gasteiger partial charge in [-0.2, -0.15) is 0 Å². The third-order valence-corrected chi connectivity index (χ3v) is 3.33. The van der Waals surface area contributed by atoms with Crippen LogP contribution in [0.3, 0.4) is 0 Å². The Morgan fingerprint density at radius 3 is 2.50 bits per heavy atom. The van der Waals surface area contributed by atoms with Crippen LogP contribution in [-0.2, 0) is 0 Å². The molecule has 0 saturated heterocycles. The van der Waals surface area contributed by atoms with Gasteiger partial charge in [0.25, 0.3) is 0 Å². The molecular formula is C12H12O3S. The van der Waals surface area contributed by atoms with Crippen molar-refractivity contribution >= 4 is 21.4 Å². The van der Waals surface area contributed by atoms with Crippen molar-refractivity contribution in [1.29, 1.82) is 0 Å². The van der Waals surface area contributed by atoms with Crippen LogP contribution in [0.1, 0.15) is 4.88 Å². The van der Waals surface area contributed by atoms with Gasteiger partial charge in [0.15, 0.2) is 5.43 Å². The van der Waals surface area contributed by atoms with Crippen LogP contribution in [0.4, 0.5) is 0 Å². The maximum absolute atomic E-state index is 11.9. The maximum Gasteiger partial charge on any atom is 0.192 e. The molecule has 0 bridgehead atoms. The monoisotopic (exact) mass is 236 g/mol. The van der Waals surface area contributed by atoms with Gasteiger partial charge >= 0.3 is 0 Å². The summed E-state index contributed by atoms with van der Waals surface area (Å²) in [5.74, 6) is 1.27. The predicted molar refractivity (Wildman–Crippen MR) is 65.9 cm³/mol. The second-order valence-electron chi connectivity index (χ2n) is 3.42. The summed E-state index contributed by atoms with van der Waals surface area (Å²) in [5, 5.41) is 0.624. The van der Waals surface area contributed by atoms with Crippen LogP contribution in [0, 0.1) is 6.92 Å². The van der Waals surface area contributed by atoms with Gasteiger partial charge < -0.3 is 9.47 Å². The molecule has 1 aromatic carbocycles. The van der Waals surface area contributed by atoms with Crippen molar-refractivity contribution < 1.29 is 9.47 Å². The molecule has 0 aliphatic carbocycles. The van der Waals surface area contributed by atoms with Crippen LogP contribution in [0.25, 0.3) is 10.1 Å². The van der Waals surface area contributed by atoms with Gasteiger partial charge in [0.2, 0.25) is 0 Å². The minimum absolute atomic E-state index is 0.00856. The molecule has 0 aliphatic rings. The van der Waals surface area contributed by atoms with Crippen LogP contribution in [0.15, 0.2) is 23.0 Å². The minimum Gasteiger partial charge on any atom is -0.497 e. The van der Waals surface area contributed by atoms with Crippen LogP contribution in [0.5, 0.6) is 11.5 Å². The summed E-state index contributed by atoms with van der Waals surface area (Å²) in [5.41, 5.74) is -0.00856. The van der Waals surface area contributed by atoms with Crippen molar-refractivity contribution in [2.45, 2.75) is 6.92 Å². The largest absolute Gasteiger partial charge is 0.497 e. The highest BCUT2D eigenvalue weighted by atomic mass is 32.1. The first kappa shape index (κ1) is 11.0. The first-order valence-electron chi connectivity index (χ1n) is 4.82. The Bertz CT molecular complexity index is 587. The maximum atomic E-state index is 11.9. The Kier molecular flexibility index (Phi) is 2.83. The van der Waals surface area contributed by atoms with Gasteiger partial charge in [-0.15, -0.1) is 11.3 Å². The summed E-state index contributed by atoms with van der Waals surface area (Å²) < 4.78 is 11.3. The summed E-state index contributed by atoms with van der Waals surface area (Å²) >= 11 is 1.55. The molecule has 0 unspecified atom stereocenters. The summed E-state index contributed by atoms with van der Waals surface area (Å²) in [6, 6.07) is 5.21. The summed E-state index contributed by atoms with van der Waals surface area (Å²) in [6.07, 6.45) is 0. The van der Waals surface area contributed by atoms with Crippen LogP contribution < -0.4 is 14.9 Å². The number of methoxy groups -OCH3 is 2. The molecule has 2 rings (SSSR count). The number of aryl methyl sites for hydroxylation is 1. The van der Waals surface area contributed by atoms with Gasteiger partial charge in [0.1, 0.15) is 11.5 Å². The number of benzene rings is 1. The first-order chi connectivity index (χ1) is 7.65. The van der Waals surface area contributed by atoms with Crippen LogP contribution in [-0.4, -0.2) is 14.2 Å². The molecule has 0 radical (unpaired) electrons. The lowest BCUT2D eigenvalue weighted by Crippen LogP contribution is -2.01. The molecule has 4 heteroatoms. The molecule has 2 aromatic rings. The van der Waals surface area contributed by atoms with Crippen molar-refractivity contribution in [3.63, 3.8) is 0 Å². The normalized spacial score (nSPS) is 10.4. The molecule has 1 heterocycles. The minimum atomic E-state index is -0.00856.